The maximum absolute atomic E-state index is 12.4. The maximum atomic E-state index is 12.4. The molecule has 9 heteroatoms. The minimum atomic E-state index is -0.607. The molecule has 140 valence electrons. The molecule has 0 aliphatic rings. The average Bonchev–Trinajstić information content (AvgIpc) is 3.01. The SMILES string of the molecule is CCCC(=O)Nc1ccccc1C(=O)OCc1cc(=O)n2nc(C)sc2n1. The summed E-state index contributed by atoms with van der Waals surface area (Å²) in [6.07, 6.45) is 1.07. The largest absolute Gasteiger partial charge is 0.456 e. The Balaban J connectivity index is 1.75. The Morgan fingerprint density at radius 2 is 2.07 bits per heavy atom. The zero-order valence-corrected chi connectivity index (χ0v) is 15.7. The molecule has 0 saturated carbocycles. The van der Waals surface area contributed by atoms with Crippen LogP contribution in [0.25, 0.3) is 4.96 Å². The number of esters is 1. The number of hydrogen-bond acceptors (Lipinski definition) is 7. The van der Waals surface area contributed by atoms with Crippen molar-refractivity contribution in [2.24, 2.45) is 0 Å². The first-order valence-corrected chi connectivity index (χ1v) is 9.22. The van der Waals surface area contributed by atoms with E-state index in [0.29, 0.717) is 34.2 Å². The summed E-state index contributed by atoms with van der Waals surface area (Å²) in [7, 11) is 0. The molecule has 0 radical (unpaired) electrons. The Kier molecular flexibility index (Phi) is 5.60. The molecule has 2 aromatic heterocycles. The third kappa shape index (κ3) is 4.37. The van der Waals surface area contributed by atoms with Crippen molar-refractivity contribution < 1.29 is 14.3 Å². The maximum Gasteiger partial charge on any atom is 0.340 e. The van der Waals surface area contributed by atoms with E-state index in [2.05, 4.69) is 15.4 Å². The second-order valence-corrected chi connectivity index (χ2v) is 6.98. The highest BCUT2D eigenvalue weighted by molar-refractivity contribution is 7.16. The van der Waals surface area contributed by atoms with E-state index in [4.69, 9.17) is 4.74 Å². The summed E-state index contributed by atoms with van der Waals surface area (Å²) in [6.45, 7) is 3.53. The smallest absolute Gasteiger partial charge is 0.340 e. The second-order valence-electron chi connectivity index (χ2n) is 5.82. The Morgan fingerprint density at radius 3 is 2.85 bits per heavy atom. The van der Waals surface area contributed by atoms with Crippen molar-refractivity contribution in [1.29, 1.82) is 0 Å². The van der Waals surface area contributed by atoms with E-state index < -0.39 is 5.97 Å². The van der Waals surface area contributed by atoms with Crippen LogP contribution in [0.15, 0.2) is 35.1 Å². The molecule has 0 atom stereocenters. The van der Waals surface area contributed by atoms with Gasteiger partial charge in [0.25, 0.3) is 5.56 Å². The van der Waals surface area contributed by atoms with Crippen LogP contribution in [0.4, 0.5) is 5.69 Å². The molecule has 3 rings (SSSR count). The third-order valence-corrected chi connectivity index (χ3v) is 4.47. The number of hydrogen-bond donors (Lipinski definition) is 1. The number of aryl methyl sites for hydroxylation is 1. The molecule has 0 aliphatic heterocycles. The van der Waals surface area contributed by atoms with Gasteiger partial charge in [0.1, 0.15) is 11.6 Å². The lowest BCUT2D eigenvalue weighted by Gasteiger charge is -2.10. The van der Waals surface area contributed by atoms with Crippen molar-refractivity contribution in [2.45, 2.75) is 33.3 Å². The molecule has 8 nitrogen and oxygen atoms in total. The molecule has 0 fully saturated rings. The van der Waals surface area contributed by atoms with Crippen LogP contribution in [-0.2, 0) is 16.1 Å². The van der Waals surface area contributed by atoms with Gasteiger partial charge in [0.2, 0.25) is 10.9 Å². The topological polar surface area (TPSA) is 103 Å². The van der Waals surface area contributed by atoms with Gasteiger partial charge in [-0.05, 0) is 25.5 Å². The molecule has 0 unspecified atom stereocenters. The number of benzene rings is 1. The summed E-state index contributed by atoms with van der Waals surface area (Å²) in [5.74, 6) is -0.775. The van der Waals surface area contributed by atoms with Crippen LogP contribution in [-0.4, -0.2) is 26.5 Å². The van der Waals surface area contributed by atoms with Gasteiger partial charge in [0.15, 0.2) is 0 Å². The van der Waals surface area contributed by atoms with Crippen LogP contribution in [0.2, 0.25) is 0 Å². The number of amides is 1. The number of nitrogens with one attached hydrogen (secondary N) is 1. The van der Waals surface area contributed by atoms with Crippen molar-refractivity contribution in [3.8, 4) is 0 Å². The van der Waals surface area contributed by atoms with Gasteiger partial charge in [-0.3, -0.25) is 9.59 Å². The van der Waals surface area contributed by atoms with Gasteiger partial charge < -0.3 is 10.1 Å². The van der Waals surface area contributed by atoms with E-state index >= 15 is 0 Å². The zero-order valence-electron chi connectivity index (χ0n) is 14.9. The molecule has 0 spiro atoms. The lowest BCUT2D eigenvalue weighted by atomic mass is 10.1. The molecule has 0 saturated heterocycles. The van der Waals surface area contributed by atoms with Crippen molar-refractivity contribution in [2.75, 3.05) is 5.32 Å². The van der Waals surface area contributed by atoms with Crippen LogP contribution in [0.5, 0.6) is 0 Å². The average molecular weight is 386 g/mol. The lowest BCUT2D eigenvalue weighted by molar-refractivity contribution is -0.116. The fourth-order valence-corrected chi connectivity index (χ4v) is 3.22. The van der Waals surface area contributed by atoms with E-state index in [1.165, 1.54) is 21.9 Å². The first-order valence-electron chi connectivity index (χ1n) is 8.40. The molecular weight excluding hydrogens is 368 g/mol. The Morgan fingerprint density at radius 1 is 1.30 bits per heavy atom. The van der Waals surface area contributed by atoms with E-state index in [1.54, 1.807) is 31.2 Å². The van der Waals surface area contributed by atoms with Gasteiger partial charge in [0, 0.05) is 12.5 Å². The number of carbonyl (C=O) groups is 2. The Hall–Kier alpha value is -3.07. The van der Waals surface area contributed by atoms with Crippen LogP contribution < -0.4 is 10.9 Å². The van der Waals surface area contributed by atoms with Gasteiger partial charge in [0.05, 0.1) is 16.9 Å². The predicted molar refractivity (Wildman–Crippen MR) is 101 cm³/mol. The summed E-state index contributed by atoms with van der Waals surface area (Å²) >= 11 is 1.28. The molecule has 2 heterocycles. The van der Waals surface area contributed by atoms with Crippen molar-refractivity contribution in [1.82, 2.24) is 14.6 Å². The number of ether oxygens (including phenoxy) is 1. The van der Waals surface area contributed by atoms with Crippen LogP contribution in [0.3, 0.4) is 0 Å². The number of aromatic nitrogens is 3. The van der Waals surface area contributed by atoms with Gasteiger partial charge >= 0.3 is 5.97 Å². The van der Waals surface area contributed by atoms with Crippen molar-refractivity contribution in [3.63, 3.8) is 0 Å². The van der Waals surface area contributed by atoms with Crippen molar-refractivity contribution >= 4 is 33.9 Å². The molecule has 1 amide bonds. The predicted octanol–water partition coefficient (Wildman–Crippen LogP) is 2.56. The number of nitrogens with zero attached hydrogens (tertiary/aromatic N) is 3. The monoisotopic (exact) mass is 386 g/mol. The third-order valence-electron chi connectivity index (χ3n) is 3.65. The molecule has 0 bridgehead atoms. The summed E-state index contributed by atoms with van der Waals surface area (Å²) in [4.78, 5) is 41.0. The normalized spacial score (nSPS) is 10.7. The summed E-state index contributed by atoms with van der Waals surface area (Å²) in [6, 6.07) is 7.90. The minimum absolute atomic E-state index is 0.154. The standard InChI is InChI=1S/C18H18N4O4S/c1-3-6-15(23)20-14-8-5-4-7-13(14)17(25)26-10-12-9-16(24)22-18(19-12)27-11(2)21-22/h4-5,7-9H,3,6,10H2,1-2H3,(H,20,23). The van der Waals surface area contributed by atoms with E-state index in [9.17, 15) is 14.4 Å². The van der Waals surface area contributed by atoms with Gasteiger partial charge in [-0.25, -0.2) is 9.78 Å². The van der Waals surface area contributed by atoms with Crippen LogP contribution >= 0.6 is 11.3 Å². The van der Waals surface area contributed by atoms with Crippen LogP contribution in [0, 0.1) is 6.92 Å². The van der Waals surface area contributed by atoms with E-state index in [-0.39, 0.29) is 23.6 Å². The number of para-hydroxylation sites is 1. The van der Waals surface area contributed by atoms with Crippen molar-refractivity contribution in [3.05, 3.63) is 57.0 Å². The summed E-state index contributed by atoms with van der Waals surface area (Å²) < 4.78 is 6.50. The molecule has 0 aliphatic carbocycles. The highest BCUT2D eigenvalue weighted by Crippen LogP contribution is 2.17. The molecule has 1 aromatic carbocycles. The zero-order chi connectivity index (χ0) is 19.4. The highest BCUT2D eigenvalue weighted by Gasteiger charge is 2.15. The fraction of sp³-hybridized carbons (Fsp3) is 0.278. The highest BCUT2D eigenvalue weighted by atomic mass is 32.1. The number of anilines is 1. The lowest BCUT2D eigenvalue weighted by Crippen LogP contribution is -2.17. The molecule has 1 N–H and O–H groups in total. The number of rotatable bonds is 6. The quantitative estimate of drug-likeness (QED) is 0.653. The Labute approximate surface area is 158 Å². The first-order chi connectivity index (χ1) is 13.0. The summed E-state index contributed by atoms with van der Waals surface area (Å²) in [5.41, 5.74) is 0.642. The fourth-order valence-electron chi connectivity index (χ4n) is 2.45. The van der Waals surface area contributed by atoms with Gasteiger partial charge in [-0.15, -0.1) is 0 Å². The van der Waals surface area contributed by atoms with Gasteiger partial charge in [-0.1, -0.05) is 30.4 Å². The first kappa shape index (κ1) is 18.7. The molecule has 3 aromatic rings. The number of carbonyl (C=O) groups excluding carboxylic acids is 2. The molecular formula is C18H18N4O4S. The molecule has 27 heavy (non-hydrogen) atoms. The number of fused-ring (bicyclic) bond motifs is 1. The second kappa shape index (κ2) is 8.09. The summed E-state index contributed by atoms with van der Waals surface area (Å²) in [5, 5.41) is 7.49. The van der Waals surface area contributed by atoms with Gasteiger partial charge in [-0.2, -0.15) is 9.61 Å². The Bertz CT molecular complexity index is 1060. The van der Waals surface area contributed by atoms with E-state index in [1.807, 2.05) is 6.92 Å². The van der Waals surface area contributed by atoms with Crippen LogP contribution in [0.1, 0.15) is 40.8 Å². The minimum Gasteiger partial charge on any atom is -0.456 e. The van der Waals surface area contributed by atoms with E-state index in [0.717, 1.165) is 0 Å².